The third-order valence-corrected chi connectivity index (χ3v) is 7.06. The predicted octanol–water partition coefficient (Wildman–Crippen LogP) is 1.09. The van der Waals surface area contributed by atoms with Crippen LogP contribution in [0.15, 0.2) is 0 Å². The number of ether oxygens (including phenoxy) is 1. The van der Waals surface area contributed by atoms with Gasteiger partial charge >= 0.3 is 7.82 Å². The van der Waals surface area contributed by atoms with Crippen molar-refractivity contribution in [2.75, 3.05) is 25.1 Å². The van der Waals surface area contributed by atoms with E-state index in [0.717, 1.165) is 0 Å². The van der Waals surface area contributed by atoms with Gasteiger partial charge in [0.05, 0.1) is 17.8 Å². The number of nitrogens with zero attached hydrogens (tertiary/aromatic N) is 5. The van der Waals surface area contributed by atoms with Gasteiger partial charge < -0.3 is 29.8 Å². The number of piperidine rings is 1. The first kappa shape index (κ1) is 26.0. The molecule has 1 aliphatic heterocycles. The van der Waals surface area contributed by atoms with Crippen LogP contribution in [0.2, 0.25) is 5.15 Å². The first-order chi connectivity index (χ1) is 15.5. The van der Waals surface area contributed by atoms with Gasteiger partial charge in [-0.2, -0.15) is 0 Å². The van der Waals surface area contributed by atoms with Crippen molar-refractivity contribution in [2.45, 2.75) is 51.7 Å². The molecular weight excluding hydrogens is 499 g/mol. The van der Waals surface area contributed by atoms with E-state index in [2.05, 4.69) is 25.0 Å². The standard InChI is InChI=1S/C17H26ClN6O7PS/c1-4-11-13(18)20-14(24(11)8-31-32(27,28)29)15(26)19-10-5-6-23(7-12(10)30-3)17-22-21-16(33-17)9(2)25/h9-10,12,25H,4-8H2,1-3H3,(H,19,26)(H2,27,28,29)/t9-,10+,12-/m0/s1. The van der Waals surface area contributed by atoms with Crippen molar-refractivity contribution in [2.24, 2.45) is 0 Å². The molecule has 0 radical (unpaired) electrons. The third-order valence-electron chi connectivity index (χ3n) is 5.15. The molecule has 1 aliphatic rings. The highest BCUT2D eigenvalue weighted by Crippen LogP contribution is 2.37. The summed E-state index contributed by atoms with van der Waals surface area (Å²) in [5.74, 6) is -0.688. The van der Waals surface area contributed by atoms with E-state index in [0.29, 0.717) is 41.8 Å². The molecule has 0 spiro atoms. The van der Waals surface area contributed by atoms with Gasteiger partial charge in [-0.15, -0.1) is 10.2 Å². The fraction of sp³-hybridized carbons (Fsp3) is 0.647. The molecule has 13 nitrogen and oxygen atoms in total. The van der Waals surface area contributed by atoms with Gasteiger partial charge in [0, 0.05) is 20.2 Å². The highest BCUT2D eigenvalue weighted by atomic mass is 35.5. The number of hydrogen-bond donors (Lipinski definition) is 4. The second kappa shape index (κ2) is 10.7. The van der Waals surface area contributed by atoms with E-state index in [9.17, 15) is 14.5 Å². The molecule has 3 rings (SSSR count). The Bertz CT molecular complexity index is 1030. The lowest BCUT2D eigenvalue weighted by Crippen LogP contribution is -2.55. The number of aliphatic hydroxyl groups excluding tert-OH is 1. The number of rotatable bonds is 9. The Kier molecular flexibility index (Phi) is 8.45. The summed E-state index contributed by atoms with van der Waals surface area (Å²) in [4.78, 5) is 37.1. The second-order valence-corrected chi connectivity index (χ2v) is 9.98. The first-order valence-electron chi connectivity index (χ1n) is 10.1. The summed E-state index contributed by atoms with van der Waals surface area (Å²) >= 11 is 7.43. The average Bonchev–Trinajstić information content (AvgIpc) is 3.36. The maximum Gasteiger partial charge on any atom is 0.471 e. The van der Waals surface area contributed by atoms with Crippen LogP contribution in [0.3, 0.4) is 0 Å². The first-order valence-corrected chi connectivity index (χ1v) is 12.8. The van der Waals surface area contributed by atoms with Gasteiger partial charge in [0.2, 0.25) is 11.0 Å². The van der Waals surface area contributed by atoms with Crippen LogP contribution in [0, 0.1) is 0 Å². The van der Waals surface area contributed by atoms with Gasteiger partial charge in [-0.05, 0) is 19.8 Å². The van der Waals surface area contributed by atoms with Crippen LogP contribution >= 0.6 is 30.8 Å². The number of aromatic nitrogens is 4. The van der Waals surface area contributed by atoms with Crippen LogP contribution in [0.1, 0.15) is 47.7 Å². The maximum absolute atomic E-state index is 13.0. The quantitative estimate of drug-likeness (QED) is 0.346. The smallest absolute Gasteiger partial charge is 0.386 e. The Morgan fingerprint density at radius 2 is 2.15 bits per heavy atom. The van der Waals surface area contributed by atoms with E-state index in [-0.39, 0.29) is 23.1 Å². The Balaban J connectivity index is 1.73. The summed E-state index contributed by atoms with van der Waals surface area (Å²) in [6.07, 6.45) is -0.178. The minimum Gasteiger partial charge on any atom is -0.386 e. The van der Waals surface area contributed by atoms with Gasteiger partial charge in [-0.1, -0.05) is 29.9 Å². The van der Waals surface area contributed by atoms with Gasteiger partial charge in [0.15, 0.2) is 5.15 Å². The highest BCUT2D eigenvalue weighted by Gasteiger charge is 2.34. The zero-order valence-corrected chi connectivity index (χ0v) is 20.7. The second-order valence-electron chi connectivity index (χ2n) is 7.39. The van der Waals surface area contributed by atoms with E-state index in [1.54, 1.807) is 13.8 Å². The minimum absolute atomic E-state index is 0.0558. The number of halogens is 1. The van der Waals surface area contributed by atoms with Crippen LogP contribution in [0.4, 0.5) is 5.13 Å². The van der Waals surface area contributed by atoms with E-state index in [1.807, 2.05) is 4.90 Å². The van der Waals surface area contributed by atoms with Crippen LogP contribution in [-0.2, 0) is 27.0 Å². The molecule has 3 atom stereocenters. The number of carbonyl (C=O) groups is 1. The summed E-state index contributed by atoms with van der Waals surface area (Å²) in [6, 6.07) is -0.361. The van der Waals surface area contributed by atoms with Gasteiger partial charge in [0.1, 0.15) is 17.8 Å². The van der Waals surface area contributed by atoms with E-state index in [4.69, 9.17) is 26.1 Å². The third kappa shape index (κ3) is 6.28. The van der Waals surface area contributed by atoms with Crippen molar-refractivity contribution in [3.05, 3.63) is 21.7 Å². The number of nitrogens with one attached hydrogen (secondary N) is 1. The molecule has 2 aromatic rings. The molecule has 33 heavy (non-hydrogen) atoms. The topological polar surface area (TPSA) is 172 Å². The number of methoxy groups -OCH3 is 1. The summed E-state index contributed by atoms with van der Waals surface area (Å²) in [6.45, 7) is 3.81. The molecular formula is C17H26ClN6O7PS. The van der Waals surface area contributed by atoms with Crippen molar-refractivity contribution in [1.82, 2.24) is 25.1 Å². The van der Waals surface area contributed by atoms with E-state index < -0.39 is 26.6 Å². The predicted molar refractivity (Wildman–Crippen MR) is 119 cm³/mol. The normalized spacial score (nSPS) is 20.2. The number of imidazole rings is 1. The van der Waals surface area contributed by atoms with Crippen LogP contribution < -0.4 is 10.2 Å². The maximum atomic E-state index is 13.0. The monoisotopic (exact) mass is 524 g/mol. The van der Waals surface area contributed by atoms with Crippen molar-refractivity contribution in [1.29, 1.82) is 0 Å². The van der Waals surface area contributed by atoms with Crippen LogP contribution in [-0.4, -0.2) is 72.9 Å². The summed E-state index contributed by atoms with van der Waals surface area (Å²) < 4.78 is 22.5. The van der Waals surface area contributed by atoms with Crippen molar-refractivity contribution in [3.8, 4) is 0 Å². The fourth-order valence-corrected chi connectivity index (χ4v) is 4.89. The van der Waals surface area contributed by atoms with Crippen molar-refractivity contribution in [3.63, 3.8) is 0 Å². The Morgan fingerprint density at radius 3 is 2.73 bits per heavy atom. The highest BCUT2D eigenvalue weighted by molar-refractivity contribution is 7.46. The Hall–Kier alpha value is -1.64. The molecule has 1 amide bonds. The largest absolute Gasteiger partial charge is 0.471 e. The molecule has 1 fully saturated rings. The molecule has 0 bridgehead atoms. The Labute approximate surface area is 198 Å². The lowest BCUT2D eigenvalue weighted by molar-refractivity contribution is 0.0532. The van der Waals surface area contributed by atoms with Gasteiger partial charge in [-0.25, -0.2) is 9.55 Å². The summed E-state index contributed by atoms with van der Waals surface area (Å²) in [5, 5.41) is 21.9. The van der Waals surface area contributed by atoms with Crippen LogP contribution in [0.5, 0.6) is 0 Å². The number of anilines is 1. The van der Waals surface area contributed by atoms with Gasteiger partial charge in [-0.3, -0.25) is 13.9 Å². The summed E-state index contributed by atoms with van der Waals surface area (Å²) in [7, 11) is -3.23. The molecule has 0 saturated carbocycles. The zero-order chi connectivity index (χ0) is 24.3. The molecule has 0 aromatic carbocycles. The van der Waals surface area contributed by atoms with Crippen molar-refractivity contribution >= 4 is 41.8 Å². The minimum atomic E-state index is -4.77. The number of aliphatic hydroxyl groups is 1. The van der Waals surface area contributed by atoms with Crippen LogP contribution in [0.25, 0.3) is 0 Å². The van der Waals surface area contributed by atoms with E-state index in [1.165, 1.54) is 23.0 Å². The number of phosphoric ester groups is 1. The lowest BCUT2D eigenvalue weighted by atomic mass is 10.0. The number of amides is 1. The average molecular weight is 525 g/mol. The molecule has 184 valence electrons. The molecule has 0 aliphatic carbocycles. The van der Waals surface area contributed by atoms with Gasteiger partial charge in [0.25, 0.3) is 5.91 Å². The molecule has 16 heteroatoms. The molecule has 1 saturated heterocycles. The molecule has 0 unspecified atom stereocenters. The number of carbonyl (C=O) groups excluding carboxylic acids is 1. The lowest BCUT2D eigenvalue weighted by Gasteiger charge is -2.37. The summed E-state index contributed by atoms with van der Waals surface area (Å²) in [5.41, 5.74) is 0.415. The number of hydrogen-bond acceptors (Lipinski definition) is 10. The van der Waals surface area contributed by atoms with Crippen molar-refractivity contribution < 1.29 is 33.5 Å². The number of phosphoric acid groups is 1. The molecule has 2 aromatic heterocycles. The molecule has 4 N–H and O–H groups in total. The SMILES string of the molecule is CCc1c(Cl)nc(C(=O)N[C@@H]2CCN(c3nnc([C@H](C)O)s3)C[C@@H]2OC)n1COP(=O)(O)O. The zero-order valence-electron chi connectivity index (χ0n) is 18.2. The van der Waals surface area contributed by atoms with E-state index >= 15 is 0 Å². The Morgan fingerprint density at radius 1 is 1.42 bits per heavy atom. The molecule has 3 heterocycles. The fourth-order valence-electron chi connectivity index (χ4n) is 3.49.